The van der Waals surface area contributed by atoms with Crippen molar-refractivity contribution in [3.63, 3.8) is 0 Å². The number of carbonyl (C=O) groups excluding carboxylic acids is 2. The molecule has 0 aromatic carbocycles. The first kappa shape index (κ1) is 15.3. The smallest absolute Gasteiger partial charge is 0.245 e. The molecule has 1 atom stereocenters. The Hall–Kier alpha value is -1.06. The van der Waals surface area contributed by atoms with Crippen LogP contribution >= 0.6 is 0 Å². The first-order chi connectivity index (χ1) is 9.47. The van der Waals surface area contributed by atoms with Gasteiger partial charge in [-0.05, 0) is 30.6 Å². The molecule has 20 heavy (non-hydrogen) atoms. The molecule has 0 bridgehead atoms. The molecule has 1 saturated heterocycles. The fraction of sp³-hybridized carbons (Fsp3) is 0.875. The lowest BCUT2D eigenvalue weighted by atomic mass is 9.82. The summed E-state index contributed by atoms with van der Waals surface area (Å²) in [7, 11) is 0. The fourth-order valence-electron chi connectivity index (χ4n) is 3.61. The molecule has 0 spiro atoms. The zero-order chi connectivity index (χ0) is 14.8. The Kier molecular flexibility index (Phi) is 4.71. The third kappa shape index (κ3) is 3.15. The maximum Gasteiger partial charge on any atom is 0.245 e. The molecule has 1 unspecified atom stereocenters. The van der Waals surface area contributed by atoms with E-state index in [1.807, 2.05) is 18.7 Å². The van der Waals surface area contributed by atoms with E-state index in [-0.39, 0.29) is 23.8 Å². The maximum absolute atomic E-state index is 12.7. The molecule has 0 radical (unpaired) electrons. The zero-order valence-electron chi connectivity index (χ0n) is 13.1. The van der Waals surface area contributed by atoms with Gasteiger partial charge in [-0.1, -0.05) is 33.6 Å². The molecule has 0 aromatic rings. The topological polar surface area (TPSA) is 49.4 Å². The summed E-state index contributed by atoms with van der Waals surface area (Å²) in [6, 6.07) is -0.347. The van der Waals surface area contributed by atoms with Gasteiger partial charge < -0.3 is 10.2 Å². The molecule has 2 aliphatic rings. The van der Waals surface area contributed by atoms with Crippen molar-refractivity contribution in [3.8, 4) is 0 Å². The Morgan fingerprint density at radius 1 is 1.30 bits per heavy atom. The number of hydrogen-bond donors (Lipinski definition) is 1. The highest BCUT2D eigenvalue weighted by Gasteiger charge is 2.38. The van der Waals surface area contributed by atoms with Crippen LogP contribution in [0, 0.1) is 11.3 Å². The first-order valence-electron chi connectivity index (χ1n) is 8.05. The Morgan fingerprint density at radius 3 is 2.50 bits per heavy atom. The van der Waals surface area contributed by atoms with Gasteiger partial charge in [0.1, 0.15) is 6.04 Å². The second-order valence-electron chi connectivity index (χ2n) is 6.86. The first-order valence-corrected chi connectivity index (χ1v) is 8.05. The lowest BCUT2D eigenvalue weighted by Crippen LogP contribution is -2.50. The van der Waals surface area contributed by atoms with Gasteiger partial charge in [-0.25, -0.2) is 0 Å². The maximum atomic E-state index is 12.7. The number of rotatable bonds is 4. The molecule has 4 heteroatoms. The number of nitrogens with one attached hydrogen (secondary N) is 1. The summed E-state index contributed by atoms with van der Waals surface area (Å²) in [6.45, 7) is 7.64. The third-order valence-electron chi connectivity index (χ3n) is 5.11. The SMILES string of the molecule is CCC1(CN2CCC(=O)NC(C(C)C)C2=O)CCCC1. The zero-order valence-corrected chi connectivity index (χ0v) is 13.1. The van der Waals surface area contributed by atoms with Crippen LogP contribution in [0.2, 0.25) is 0 Å². The van der Waals surface area contributed by atoms with Crippen molar-refractivity contribution in [2.24, 2.45) is 11.3 Å². The van der Waals surface area contributed by atoms with Gasteiger partial charge in [0.15, 0.2) is 0 Å². The highest BCUT2D eigenvalue weighted by molar-refractivity contribution is 5.90. The van der Waals surface area contributed by atoms with Crippen LogP contribution in [0.1, 0.15) is 59.3 Å². The second-order valence-corrected chi connectivity index (χ2v) is 6.86. The van der Waals surface area contributed by atoms with E-state index in [2.05, 4.69) is 12.2 Å². The van der Waals surface area contributed by atoms with Crippen LogP contribution in [-0.4, -0.2) is 35.8 Å². The highest BCUT2D eigenvalue weighted by atomic mass is 16.2. The van der Waals surface area contributed by atoms with Gasteiger partial charge in [0.2, 0.25) is 11.8 Å². The van der Waals surface area contributed by atoms with E-state index in [0.717, 1.165) is 13.0 Å². The predicted molar refractivity (Wildman–Crippen MR) is 79.2 cm³/mol. The number of hydrogen-bond acceptors (Lipinski definition) is 2. The van der Waals surface area contributed by atoms with Gasteiger partial charge in [0.25, 0.3) is 0 Å². The van der Waals surface area contributed by atoms with Crippen molar-refractivity contribution in [1.29, 1.82) is 0 Å². The minimum atomic E-state index is -0.347. The molecule has 1 aliphatic heterocycles. The molecular weight excluding hydrogens is 252 g/mol. The van der Waals surface area contributed by atoms with Crippen molar-refractivity contribution in [1.82, 2.24) is 10.2 Å². The van der Waals surface area contributed by atoms with E-state index >= 15 is 0 Å². The molecule has 1 saturated carbocycles. The summed E-state index contributed by atoms with van der Waals surface area (Å²) < 4.78 is 0. The third-order valence-corrected chi connectivity index (χ3v) is 5.11. The Labute approximate surface area is 122 Å². The van der Waals surface area contributed by atoms with Crippen LogP contribution in [-0.2, 0) is 9.59 Å². The Bertz CT molecular complexity index is 373. The van der Waals surface area contributed by atoms with Crippen LogP contribution in [0.25, 0.3) is 0 Å². The monoisotopic (exact) mass is 280 g/mol. The largest absolute Gasteiger partial charge is 0.344 e. The number of amides is 2. The second kappa shape index (κ2) is 6.15. The predicted octanol–water partition coefficient (Wildman–Crippen LogP) is 2.33. The fourth-order valence-corrected chi connectivity index (χ4v) is 3.61. The lowest BCUT2D eigenvalue weighted by Gasteiger charge is -2.35. The van der Waals surface area contributed by atoms with Gasteiger partial charge in [0, 0.05) is 19.5 Å². The van der Waals surface area contributed by atoms with E-state index in [1.54, 1.807) is 0 Å². The number of nitrogens with zero attached hydrogens (tertiary/aromatic N) is 1. The normalized spacial score (nSPS) is 26.8. The summed E-state index contributed by atoms with van der Waals surface area (Å²) >= 11 is 0. The van der Waals surface area contributed by atoms with E-state index < -0.39 is 0 Å². The molecule has 2 amide bonds. The average molecular weight is 280 g/mol. The minimum Gasteiger partial charge on any atom is -0.344 e. The van der Waals surface area contributed by atoms with E-state index in [9.17, 15) is 9.59 Å². The van der Waals surface area contributed by atoms with Gasteiger partial charge in [-0.2, -0.15) is 0 Å². The molecule has 114 valence electrons. The molecule has 0 aromatic heterocycles. The molecule has 1 N–H and O–H groups in total. The summed E-state index contributed by atoms with van der Waals surface area (Å²) in [4.78, 5) is 26.4. The van der Waals surface area contributed by atoms with Crippen molar-refractivity contribution in [2.75, 3.05) is 13.1 Å². The molecule has 1 aliphatic carbocycles. The van der Waals surface area contributed by atoms with Gasteiger partial charge >= 0.3 is 0 Å². The highest BCUT2D eigenvalue weighted by Crippen LogP contribution is 2.41. The Balaban J connectivity index is 2.12. The Morgan fingerprint density at radius 2 is 1.95 bits per heavy atom. The average Bonchev–Trinajstić information content (AvgIpc) is 2.83. The summed E-state index contributed by atoms with van der Waals surface area (Å²) in [5.41, 5.74) is 0.296. The van der Waals surface area contributed by atoms with E-state index in [4.69, 9.17) is 0 Å². The summed E-state index contributed by atoms with van der Waals surface area (Å²) in [5.74, 6) is 0.273. The quantitative estimate of drug-likeness (QED) is 0.859. The standard InChI is InChI=1S/C16H28N2O2/c1-4-16(8-5-6-9-16)11-18-10-7-13(19)17-14(12(2)3)15(18)20/h12,14H,4-11H2,1-3H3,(H,17,19). The molecule has 2 rings (SSSR count). The molecule has 2 fully saturated rings. The van der Waals surface area contributed by atoms with E-state index in [1.165, 1.54) is 25.7 Å². The van der Waals surface area contributed by atoms with Crippen LogP contribution in [0.5, 0.6) is 0 Å². The van der Waals surface area contributed by atoms with Crippen molar-refractivity contribution in [2.45, 2.75) is 65.3 Å². The molecule has 1 heterocycles. The van der Waals surface area contributed by atoms with Crippen LogP contribution in [0.3, 0.4) is 0 Å². The summed E-state index contributed by atoms with van der Waals surface area (Å²) in [5, 5.41) is 2.88. The molecular formula is C16H28N2O2. The van der Waals surface area contributed by atoms with Gasteiger partial charge in [0.05, 0.1) is 0 Å². The summed E-state index contributed by atoms with van der Waals surface area (Å²) in [6.07, 6.45) is 6.57. The van der Waals surface area contributed by atoms with Crippen LogP contribution < -0.4 is 5.32 Å². The van der Waals surface area contributed by atoms with Crippen molar-refractivity contribution < 1.29 is 9.59 Å². The minimum absolute atomic E-state index is 0.0107. The van der Waals surface area contributed by atoms with Crippen LogP contribution in [0.15, 0.2) is 0 Å². The molecule has 4 nitrogen and oxygen atoms in total. The van der Waals surface area contributed by atoms with Crippen molar-refractivity contribution in [3.05, 3.63) is 0 Å². The lowest BCUT2D eigenvalue weighted by molar-refractivity contribution is -0.136. The van der Waals surface area contributed by atoms with Gasteiger partial charge in [-0.15, -0.1) is 0 Å². The van der Waals surface area contributed by atoms with Crippen molar-refractivity contribution >= 4 is 11.8 Å². The van der Waals surface area contributed by atoms with Gasteiger partial charge in [-0.3, -0.25) is 9.59 Å². The van der Waals surface area contributed by atoms with Crippen LogP contribution in [0.4, 0.5) is 0 Å². The van der Waals surface area contributed by atoms with E-state index in [0.29, 0.717) is 18.4 Å². The number of carbonyl (C=O) groups is 2.